The van der Waals surface area contributed by atoms with E-state index in [0.29, 0.717) is 4.34 Å². The van der Waals surface area contributed by atoms with Crippen molar-refractivity contribution in [1.29, 1.82) is 0 Å². The van der Waals surface area contributed by atoms with E-state index < -0.39 is 26.4 Å². The van der Waals surface area contributed by atoms with Crippen molar-refractivity contribution in [2.45, 2.75) is 10.7 Å². The van der Waals surface area contributed by atoms with E-state index in [2.05, 4.69) is 5.32 Å². The van der Waals surface area contributed by atoms with Gasteiger partial charge in [0.05, 0.1) is 19.8 Å². The molecule has 1 amide bonds. The quantitative estimate of drug-likeness (QED) is 0.914. The number of anilines is 1. The summed E-state index contributed by atoms with van der Waals surface area (Å²) in [6, 6.07) is 7.94. The zero-order valence-corrected chi connectivity index (χ0v) is 12.6. The molecule has 0 unspecified atom stereocenters. The van der Waals surface area contributed by atoms with Crippen LogP contribution in [0, 0.1) is 0 Å². The first-order valence-electron chi connectivity index (χ1n) is 5.50. The molecule has 112 valence electrons. The molecule has 0 fully saturated rings. The van der Waals surface area contributed by atoms with Crippen molar-refractivity contribution in [2.24, 2.45) is 0 Å². The van der Waals surface area contributed by atoms with Crippen LogP contribution in [0.1, 0.15) is 9.67 Å². The monoisotopic (exact) mass is 351 g/mol. The number of rotatable bonds is 4. The summed E-state index contributed by atoms with van der Waals surface area (Å²) in [6.07, 6.45) is 0. The number of carbonyl (C=O) groups is 1. The van der Waals surface area contributed by atoms with Crippen molar-refractivity contribution in [3.8, 4) is 0 Å². The third kappa shape index (κ3) is 3.39. The minimum Gasteiger partial charge on any atom is -0.320 e. The summed E-state index contributed by atoms with van der Waals surface area (Å²) in [6.45, 7) is 0. The second kappa shape index (κ2) is 6.08. The van der Waals surface area contributed by atoms with Crippen LogP contribution in [-0.4, -0.2) is 20.1 Å². The third-order valence-electron chi connectivity index (χ3n) is 2.47. The molecule has 0 aliphatic heterocycles. The Morgan fingerprint density at radius 3 is 2.43 bits per heavy atom. The van der Waals surface area contributed by atoms with Gasteiger partial charge >= 0.3 is 5.76 Å². The Hall–Kier alpha value is -1.51. The smallest absolute Gasteiger partial charge is 0.320 e. The minimum absolute atomic E-state index is 0.202. The average Bonchev–Trinajstić information content (AvgIpc) is 2.86. The molecule has 1 aromatic heterocycles. The lowest BCUT2D eigenvalue weighted by Gasteiger charge is -2.10. The number of nitrogens with one attached hydrogen (secondary N) is 1. The summed E-state index contributed by atoms with van der Waals surface area (Å²) < 4.78 is 48.7. The fraction of sp³-hybridized carbons (Fsp3) is 0.0833. The van der Waals surface area contributed by atoms with Gasteiger partial charge in [0, 0.05) is 0 Å². The number of hydrogen-bond donors (Lipinski definition) is 1. The fourth-order valence-electron chi connectivity index (χ4n) is 1.53. The Labute approximate surface area is 128 Å². The van der Waals surface area contributed by atoms with Gasteiger partial charge in [0.15, 0.2) is 0 Å². The fourth-order valence-corrected chi connectivity index (χ4v) is 3.36. The van der Waals surface area contributed by atoms with Crippen LogP contribution in [0.5, 0.6) is 0 Å². The molecule has 0 aliphatic rings. The molecule has 1 heterocycles. The molecule has 21 heavy (non-hydrogen) atoms. The number of carbonyl (C=O) groups excluding carboxylic acids is 1. The van der Waals surface area contributed by atoms with Crippen LogP contribution < -0.4 is 5.32 Å². The summed E-state index contributed by atoms with van der Waals surface area (Å²) in [4.78, 5) is 11.5. The average molecular weight is 352 g/mol. The molecule has 0 saturated heterocycles. The summed E-state index contributed by atoms with van der Waals surface area (Å²) in [5.74, 6) is -4.18. The van der Waals surface area contributed by atoms with Crippen LogP contribution in [-0.2, 0) is 9.84 Å². The predicted octanol–water partition coefficient (Wildman–Crippen LogP) is 3.65. The Balaban J connectivity index is 2.36. The van der Waals surface area contributed by atoms with Crippen LogP contribution in [0.2, 0.25) is 4.34 Å². The zero-order valence-electron chi connectivity index (χ0n) is 10.2. The lowest BCUT2D eigenvalue weighted by atomic mass is 10.3. The molecule has 1 N–H and O–H groups in total. The number of hydrogen-bond acceptors (Lipinski definition) is 4. The Morgan fingerprint density at radius 1 is 1.19 bits per heavy atom. The molecular formula is C12H8ClF2NO3S2. The second-order valence-electron chi connectivity index (χ2n) is 3.86. The number of alkyl halides is 2. The van der Waals surface area contributed by atoms with E-state index in [9.17, 15) is 22.0 Å². The Morgan fingerprint density at radius 2 is 1.86 bits per heavy atom. The minimum atomic E-state index is -4.80. The molecule has 0 spiro atoms. The van der Waals surface area contributed by atoms with Crippen LogP contribution in [0.15, 0.2) is 41.3 Å². The number of sulfone groups is 1. The molecule has 9 heteroatoms. The highest BCUT2D eigenvalue weighted by molar-refractivity contribution is 7.91. The molecule has 0 radical (unpaired) electrons. The first kappa shape index (κ1) is 15.9. The molecular weight excluding hydrogens is 344 g/mol. The maximum atomic E-state index is 12.6. The van der Waals surface area contributed by atoms with E-state index in [1.54, 1.807) is 0 Å². The van der Waals surface area contributed by atoms with E-state index in [0.717, 1.165) is 17.4 Å². The van der Waals surface area contributed by atoms with Crippen molar-refractivity contribution < 1.29 is 22.0 Å². The van der Waals surface area contributed by atoms with E-state index in [1.165, 1.54) is 30.3 Å². The van der Waals surface area contributed by atoms with Crippen molar-refractivity contribution in [1.82, 2.24) is 0 Å². The molecule has 1 aromatic carbocycles. The first-order chi connectivity index (χ1) is 9.82. The SMILES string of the molecule is O=C(Nc1ccccc1S(=O)(=O)C(F)F)c1ccc(Cl)s1. The van der Waals surface area contributed by atoms with Gasteiger partial charge in [-0.1, -0.05) is 23.7 Å². The zero-order chi connectivity index (χ0) is 15.6. The Kier molecular flexibility index (Phi) is 4.60. The number of benzene rings is 1. The van der Waals surface area contributed by atoms with Crippen molar-refractivity contribution in [3.05, 3.63) is 45.6 Å². The summed E-state index contributed by atoms with van der Waals surface area (Å²) in [7, 11) is -4.80. The molecule has 2 aromatic rings. The van der Waals surface area contributed by atoms with E-state index in [1.807, 2.05) is 0 Å². The van der Waals surface area contributed by atoms with E-state index >= 15 is 0 Å². The van der Waals surface area contributed by atoms with Gasteiger partial charge in [-0.3, -0.25) is 4.79 Å². The maximum Gasteiger partial charge on any atom is 0.341 e. The highest BCUT2D eigenvalue weighted by Crippen LogP contribution is 2.28. The molecule has 0 bridgehead atoms. The van der Waals surface area contributed by atoms with Crippen molar-refractivity contribution in [3.63, 3.8) is 0 Å². The largest absolute Gasteiger partial charge is 0.341 e. The lowest BCUT2D eigenvalue weighted by molar-refractivity contribution is 0.103. The van der Waals surface area contributed by atoms with Crippen LogP contribution in [0.4, 0.5) is 14.5 Å². The number of thiophene rings is 1. The summed E-state index contributed by atoms with van der Waals surface area (Å²) in [5.41, 5.74) is -0.202. The molecule has 2 rings (SSSR count). The van der Waals surface area contributed by atoms with Gasteiger partial charge in [0.2, 0.25) is 9.84 Å². The number of halogens is 3. The number of amides is 1. The molecule has 0 aliphatic carbocycles. The van der Waals surface area contributed by atoms with Crippen LogP contribution in [0.3, 0.4) is 0 Å². The van der Waals surface area contributed by atoms with Gasteiger partial charge in [-0.15, -0.1) is 11.3 Å². The predicted molar refractivity (Wildman–Crippen MR) is 76.9 cm³/mol. The Bertz CT molecular complexity index is 774. The van der Waals surface area contributed by atoms with E-state index in [-0.39, 0.29) is 10.6 Å². The highest BCUT2D eigenvalue weighted by atomic mass is 35.5. The van der Waals surface area contributed by atoms with Crippen molar-refractivity contribution >= 4 is 44.4 Å². The second-order valence-corrected chi connectivity index (χ2v) is 7.46. The van der Waals surface area contributed by atoms with Crippen LogP contribution in [0.25, 0.3) is 0 Å². The molecule has 0 saturated carbocycles. The van der Waals surface area contributed by atoms with Gasteiger partial charge in [-0.25, -0.2) is 8.42 Å². The normalized spacial score (nSPS) is 11.6. The first-order valence-corrected chi connectivity index (χ1v) is 8.24. The summed E-state index contributed by atoms with van der Waals surface area (Å²) in [5, 5.41) is 2.30. The standard InChI is InChI=1S/C12H8ClF2NO3S2/c13-10-6-5-8(20-10)11(17)16-7-3-1-2-4-9(7)21(18,19)12(14)15/h1-6,12H,(H,16,17). The van der Waals surface area contributed by atoms with Crippen LogP contribution >= 0.6 is 22.9 Å². The van der Waals surface area contributed by atoms with Gasteiger partial charge in [-0.2, -0.15) is 8.78 Å². The van der Waals surface area contributed by atoms with Gasteiger partial charge in [0.1, 0.15) is 0 Å². The third-order valence-corrected chi connectivity index (χ3v) is 5.14. The summed E-state index contributed by atoms with van der Waals surface area (Å²) >= 11 is 6.69. The highest BCUT2D eigenvalue weighted by Gasteiger charge is 2.29. The topological polar surface area (TPSA) is 63.2 Å². The molecule has 0 atom stereocenters. The molecule has 4 nitrogen and oxygen atoms in total. The van der Waals surface area contributed by atoms with Gasteiger partial charge < -0.3 is 5.32 Å². The van der Waals surface area contributed by atoms with Gasteiger partial charge in [-0.05, 0) is 24.3 Å². The number of para-hydroxylation sites is 1. The van der Waals surface area contributed by atoms with Gasteiger partial charge in [0.25, 0.3) is 5.91 Å². The van der Waals surface area contributed by atoms with E-state index in [4.69, 9.17) is 11.6 Å². The maximum absolute atomic E-state index is 12.6. The van der Waals surface area contributed by atoms with Crippen molar-refractivity contribution in [2.75, 3.05) is 5.32 Å². The lowest BCUT2D eigenvalue weighted by Crippen LogP contribution is -2.17.